The lowest BCUT2D eigenvalue weighted by molar-refractivity contribution is -0.0885. The highest BCUT2D eigenvalue weighted by Crippen LogP contribution is 2.17. The summed E-state index contributed by atoms with van der Waals surface area (Å²) < 4.78 is 4.81. The molecule has 12 heavy (non-hydrogen) atoms. The van der Waals surface area contributed by atoms with Gasteiger partial charge >= 0.3 is 0 Å². The molecule has 0 bridgehead atoms. The van der Waals surface area contributed by atoms with E-state index in [1.165, 1.54) is 18.7 Å². The Morgan fingerprint density at radius 1 is 1.42 bits per heavy atom. The molecule has 3 N–H and O–H groups in total. The third-order valence-corrected chi connectivity index (χ3v) is 2.42. The number of thioether (sulfide) groups is 1. The molecule has 74 valence electrons. The van der Waals surface area contributed by atoms with E-state index in [0.717, 1.165) is 5.75 Å². The van der Waals surface area contributed by atoms with E-state index in [9.17, 15) is 5.11 Å². The minimum atomic E-state index is -0.956. The number of rotatable bonds is 6. The number of hydrogen-bond acceptors (Lipinski definition) is 5. The highest BCUT2D eigenvalue weighted by molar-refractivity contribution is 7.99. The molecule has 0 amide bonds. The van der Waals surface area contributed by atoms with E-state index in [2.05, 4.69) is 0 Å². The monoisotopic (exact) mass is 196 g/mol. The van der Waals surface area contributed by atoms with Gasteiger partial charge in [0.25, 0.3) is 0 Å². The maximum absolute atomic E-state index is 9.34. The second-order valence-electron chi connectivity index (χ2n) is 2.35. The molecule has 0 aliphatic rings. The summed E-state index contributed by atoms with van der Waals surface area (Å²) in [4.78, 5) is 0. The summed E-state index contributed by atoms with van der Waals surface area (Å²) in [5.74, 6) is 0.758. The molecule has 0 saturated carbocycles. The molecule has 0 spiro atoms. The average Bonchev–Trinajstić information content (AvgIpc) is 2.03. The van der Waals surface area contributed by atoms with Gasteiger partial charge in [-0.1, -0.05) is 6.92 Å². The van der Waals surface area contributed by atoms with Crippen LogP contribution in [0.4, 0.5) is 0 Å². The molecule has 0 aromatic rings. The maximum Gasteiger partial charge on any atom is 0.145 e. The number of aliphatic hydroxyl groups is 3. The van der Waals surface area contributed by atoms with Crippen molar-refractivity contribution in [3.8, 4) is 0 Å². The van der Waals surface area contributed by atoms with Gasteiger partial charge in [-0.2, -0.15) is 0 Å². The zero-order chi connectivity index (χ0) is 9.56. The van der Waals surface area contributed by atoms with Crippen molar-refractivity contribution in [3.63, 3.8) is 0 Å². The quantitative estimate of drug-likeness (QED) is 0.512. The van der Waals surface area contributed by atoms with E-state index in [1.54, 1.807) is 0 Å². The summed E-state index contributed by atoms with van der Waals surface area (Å²) in [6.07, 6.45) is -1.80. The fourth-order valence-corrected chi connectivity index (χ4v) is 1.62. The van der Waals surface area contributed by atoms with Crippen LogP contribution >= 0.6 is 11.8 Å². The van der Waals surface area contributed by atoms with Crippen LogP contribution in [0.5, 0.6) is 0 Å². The smallest absolute Gasteiger partial charge is 0.145 e. The van der Waals surface area contributed by atoms with Crippen LogP contribution in [0.1, 0.15) is 13.8 Å². The van der Waals surface area contributed by atoms with Gasteiger partial charge in [0.2, 0.25) is 0 Å². The van der Waals surface area contributed by atoms with Crippen LogP contribution in [0.25, 0.3) is 0 Å². The minimum Gasteiger partial charge on any atom is -0.391 e. The Labute approximate surface area is 76.5 Å². The second-order valence-corrected chi connectivity index (χ2v) is 3.73. The Balaban J connectivity index is 3.89. The average molecular weight is 196 g/mol. The molecule has 0 fully saturated rings. The van der Waals surface area contributed by atoms with Gasteiger partial charge in [-0.15, -0.1) is 11.8 Å². The van der Waals surface area contributed by atoms with Gasteiger partial charge in [0.15, 0.2) is 0 Å². The molecule has 0 aromatic heterocycles. The van der Waals surface area contributed by atoms with E-state index >= 15 is 0 Å². The van der Waals surface area contributed by atoms with E-state index in [0.29, 0.717) is 0 Å². The first-order valence-electron chi connectivity index (χ1n) is 3.83. The molecule has 3 atom stereocenters. The first-order valence-corrected chi connectivity index (χ1v) is 4.88. The van der Waals surface area contributed by atoms with Crippen molar-refractivity contribution in [1.29, 1.82) is 0 Å². The van der Waals surface area contributed by atoms with Crippen LogP contribution in [-0.2, 0) is 4.74 Å². The molecule has 0 aliphatic carbocycles. The van der Waals surface area contributed by atoms with E-state index in [1.807, 2.05) is 6.92 Å². The van der Waals surface area contributed by atoms with Crippen LogP contribution in [-0.4, -0.2) is 45.5 Å². The van der Waals surface area contributed by atoms with Gasteiger partial charge in [0, 0.05) is 0 Å². The van der Waals surface area contributed by atoms with Gasteiger partial charge in [-0.25, -0.2) is 0 Å². The van der Waals surface area contributed by atoms with Crippen molar-refractivity contribution in [2.24, 2.45) is 0 Å². The first-order chi connectivity index (χ1) is 5.63. The van der Waals surface area contributed by atoms with E-state index in [4.69, 9.17) is 14.9 Å². The minimum absolute atomic E-state index is 0.443. The molecular weight excluding hydrogens is 180 g/mol. The summed E-state index contributed by atoms with van der Waals surface area (Å²) in [5, 5.41) is 26.8. The standard InChI is InChI=1S/C7H16O4S/c1-3-12-7(11-4-8)6(10)5(2)9/h5-10H,3-4H2,1-2H3. The van der Waals surface area contributed by atoms with Gasteiger partial charge in [-0.3, -0.25) is 0 Å². The Morgan fingerprint density at radius 2 is 2.00 bits per heavy atom. The van der Waals surface area contributed by atoms with Crippen molar-refractivity contribution in [3.05, 3.63) is 0 Å². The highest BCUT2D eigenvalue weighted by Gasteiger charge is 2.23. The predicted octanol–water partition coefficient (Wildman–Crippen LogP) is -0.226. The normalized spacial score (nSPS) is 18.8. The topological polar surface area (TPSA) is 69.9 Å². The SMILES string of the molecule is CCSC(OCO)C(O)C(C)O. The molecule has 0 rings (SSSR count). The molecular formula is C7H16O4S. The largest absolute Gasteiger partial charge is 0.391 e. The predicted molar refractivity (Wildman–Crippen MR) is 47.8 cm³/mol. The molecule has 0 heterocycles. The summed E-state index contributed by atoms with van der Waals surface area (Å²) in [5.41, 5.74) is -0.556. The van der Waals surface area contributed by atoms with Crippen LogP contribution in [0, 0.1) is 0 Å². The lowest BCUT2D eigenvalue weighted by Crippen LogP contribution is -2.35. The molecule has 4 nitrogen and oxygen atoms in total. The van der Waals surface area contributed by atoms with Crippen LogP contribution in [0.3, 0.4) is 0 Å². The maximum atomic E-state index is 9.34. The Kier molecular flexibility index (Phi) is 6.78. The number of ether oxygens (including phenoxy) is 1. The van der Waals surface area contributed by atoms with Gasteiger partial charge in [-0.05, 0) is 12.7 Å². The first kappa shape index (κ1) is 12.2. The van der Waals surface area contributed by atoms with Gasteiger partial charge in [0.1, 0.15) is 18.3 Å². The Bertz CT molecular complexity index is 104. The fraction of sp³-hybridized carbons (Fsp3) is 1.00. The van der Waals surface area contributed by atoms with Crippen molar-refractivity contribution in [2.75, 3.05) is 12.5 Å². The van der Waals surface area contributed by atoms with Gasteiger partial charge < -0.3 is 20.1 Å². The molecule has 0 saturated heterocycles. The van der Waals surface area contributed by atoms with Crippen LogP contribution < -0.4 is 0 Å². The number of aliphatic hydroxyl groups excluding tert-OH is 3. The zero-order valence-corrected chi connectivity index (χ0v) is 8.12. The third kappa shape index (κ3) is 4.27. The second kappa shape index (κ2) is 6.68. The van der Waals surface area contributed by atoms with Crippen molar-refractivity contribution in [2.45, 2.75) is 31.5 Å². The summed E-state index contributed by atoms with van der Waals surface area (Å²) in [6.45, 7) is 2.95. The lowest BCUT2D eigenvalue weighted by atomic mass is 10.2. The summed E-state index contributed by atoms with van der Waals surface area (Å²) in [7, 11) is 0. The van der Waals surface area contributed by atoms with Crippen molar-refractivity contribution >= 4 is 11.8 Å². The molecule has 5 heteroatoms. The molecule has 0 aromatic carbocycles. The molecule has 3 unspecified atom stereocenters. The Hall–Kier alpha value is 0.190. The van der Waals surface area contributed by atoms with E-state index < -0.39 is 24.4 Å². The lowest BCUT2D eigenvalue weighted by Gasteiger charge is -2.23. The number of hydrogen-bond donors (Lipinski definition) is 3. The molecule has 0 aliphatic heterocycles. The van der Waals surface area contributed by atoms with Crippen LogP contribution in [0.15, 0.2) is 0 Å². The van der Waals surface area contributed by atoms with Gasteiger partial charge in [0.05, 0.1) is 6.10 Å². The van der Waals surface area contributed by atoms with Crippen molar-refractivity contribution in [1.82, 2.24) is 0 Å². The zero-order valence-electron chi connectivity index (χ0n) is 7.30. The summed E-state index contributed by atoms with van der Waals surface area (Å²) in [6, 6.07) is 0. The summed E-state index contributed by atoms with van der Waals surface area (Å²) >= 11 is 1.35. The van der Waals surface area contributed by atoms with E-state index in [-0.39, 0.29) is 0 Å². The van der Waals surface area contributed by atoms with Crippen LogP contribution in [0.2, 0.25) is 0 Å². The van der Waals surface area contributed by atoms with Crippen molar-refractivity contribution < 1.29 is 20.1 Å². The highest BCUT2D eigenvalue weighted by atomic mass is 32.2. The Morgan fingerprint density at radius 3 is 2.33 bits per heavy atom. The third-order valence-electron chi connectivity index (χ3n) is 1.34. The molecule has 0 radical (unpaired) electrons. The fourth-order valence-electron chi connectivity index (χ4n) is 0.710.